The van der Waals surface area contributed by atoms with Gasteiger partial charge in [-0.3, -0.25) is 4.79 Å². The molecule has 0 saturated heterocycles. The van der Waals surface area contributed by atoms with Crippen LogP contribution in [0.15, 0.2) is 47.4 Å². The highest BCUT2D eigenvalue weighted by molar-refractivity contribution is 7.99. The van der Waals surface area contributed by atoms with E-state index < -0.39 is 6.03 Å². The Bertz CT molecular complexity index is 910. The predicted octanol–water partition coefficient (Wildman–Crippen LogP) is 3.28. The van der Waals surface area contributed by atoms with Gasteiger partial charge in [-0.25, -0.2) is 9.18 Å². The van der Waals surface area contributed by atoms with Crippen molar-refractivity contribution in [3.63, 3.8) is 0 Å². The van der Waals surface area contributed by atoms with Crippen molar-refractivity contribution in [2.24, 2.45) is 0 Å². The summed E-state index contributed by atoms with van der Waals surface area (Å²) in [6.07, 6.45) is 6.02. The Hall–Kier alpha value is -2.98. The number of terminal acetylenes is 1. The van der Waals surface area contributed by atoms with E-state index in [-0.39, 0.29) is 24.3 Å². The van der Waals surface area contributed by atoms with Crippen molar-refractivity contribution in [3.8, 4) is 12.3 Å². The number of rotatable bonds is 4. The van der Waals surface area contributed by atoms with Crippen molar-refractivity contribution >= 4 is 29.4 Å². The number of halogens is 1. The molecule has 3 amide bonds. The summed E-state index contributed by atoms with van der Waals surface area (Å²) in [5.74, 6) is 2.55. The lowest BCUT2D eigenvalue weighted by Gasteiger charge is -2.26. The molecule has 7 heteroatoms. The van der Waals surface area contributed by atoms with Crippen LogP contribution in [0.4, 0.5) is 14.9 Å². The van der Waals surface area contributed by atoms with E-state index in [2.05, 4.69) is 21.9 Å². The lowest BCUT2D eigenvalue weighted by molar-refractivity contribution is -0.115. The van der Waals surface area contributed by atoms with Gasteiger partial charge >= 0.3 is 6.03 Å². The van der Waals surface area contributed by atoms with Gasteiger partial charge < -0.3 is 16.0 Å². The highest BCUT2D eigenvalue weighted by Crippen LogP contribution is 2.37. The molecule has 1 unspecified atom stereocenters. The van der Waals surface area contributed by atoms with Crippen LogP contribution in [0, 0.1) is 18.2 Å². The summed E-state index contributed by atoms with van der Waals surface area (Å²) in [4.78, 5) is 24.7. The van der Waals surface area contributed by atoms with E-state index in [1.165, 1.54) is 17.8 Å². The van der Waals surface area contributed by atoms with Gasteiger partial charge in [0.15, 0.2) is 0 Å². The minimum Gasteiger partial charge on any atom is -0.331 e. The van der Waals surface area contributed by atoms with Gasteiger partial charge in [0, 0.05) is 21.9 Å². The monoisotopic (exact) mass is 383 g/mol. The first-order chi connectivity index (χ1) is 13.1. The maximum absolute atomic E-state index is 13.9. The smallest absolute Gasteiger partial charge is 0.315 e. The second-order valence-corrected chi connectivity index (χ2v) is 7.05. The van der Waals surface area contributed by atoms with Gasteiger partial charge in [0.1, 0.15) is 5.82 Å². The normalized spacial score (nSPS) is 15.2. The SMILES string of the molecule is C#Cc1cccc(NC(=O)CNC(=O)NC2CCSc3c(F)cccc32)c1. The fraction of sp³-hybridized carbons (Fsp3) is 0.200. The quantitative estimate of drug-likeness (QED) is 0.710. The van der Waals surface area contributed by atoms with Crippen molar-refractivity contribution in [1.82, 2.24) is 10.6 Å². The number of nitrogens with one attached hydrogen (secondary N) is 3. The zero-order valence-electron chi connectivity index (χ0n) is 14.4. The highest BCUT2D eigenvalue weighted by atomic mass is 32.2. The average molecular weight is 383 g/mol. The van der Waals surface area contributed by atoms with Crippen LogP contribution in [0.2, 0.25) is 0 Å². The molecule has 5 nitrogen and oxygen atoms in total. The van der Waals surface area contributed by atoms with E-state index in [0.717, 1.165) is 5.56 Å². The Morgan fingerprint density at radius 1 is 1.26 bits per heavy atom. The van der Waals surface area contributed by atoms with Gasteiger partial charge in [-0.05, 0) is 36.2 Å². The first-order valence-electron chi connectivity index (χ1n) is 8.39. The molecule has 3 N–H and O–H groups in total. The summed E-state index contributed by atoms with van der Waals surface area (Å²) < 4.78 is 13.9. The van der Waals surface area contributed by atoms with Gasteiger partial charge in [0.25, 0.3) is 0 Å². The number of anilines is 1. The maximum Gasteiger partial charge on any atom is 0.315 e. The first kappa shape index (κ1) is 18.8. The highest BCUT2D eigenvalue weighted by Gasteiger charge is 2.24. The Balaban J connectivity index is 1.52. The molecule has 2 aromatic carbocycles. The van der Waals surface area contributed by atoms with Crippen LogP contribution >= 0.6 is 11.8 Å². The second-order valence-electron chi connectivity index (χ2n) is 5.95. The number of benzene rings is 2. The van der Waals surface area contributed by atoms with Crippen LogP contribution < -0.4 is 16.0 Å². The number of carbonyl (C=O) groups excluding carboxylic acids is 2. The number of thioether (sulfide) groups is 1. The third-order valence-electron chi connectivity index (χ3n) is 4.05. The van der Waals surface area contributed by atoms with Gasteiger partial charge in [-0.1, -0.05) is 24.1 Å². The van der Waals surface area contributed by atoms with E-state index in [1.54, 1.807) is 36.4 Å². The summed E-state index contributed by atoms with van der Waals surface area (Å²) in [6.45, 7) is -0.191. The molecule has 1 atom stereocenters. The Kier molecular flexibility index (Phi) is 5.99. The largest absolute Gasteiger partial charge is 0.331 e. The minimum absolute atomic E-state index is 0.191. The molecule has 138 valence electrons. The molecule has 0 spiro atoms. The van der Waals surface area contributed by atoms with E-state index in [4.69, 9.17) is 6.42 Å². The van der Waals surface area contributed by atoms with Crippen LogP contribution in [-0.4, -0.2) is 24.2 Å². The summed E-state index contributed by atoms with van der Waals surface area (Å²) in [7, 11) is 0. The molecule has 0 bridgehead atoms. The fourth-order valence-corrected chi connectivity index (χ4v) is 3.94. The van der Waals surface area contributed by atoms with E-state index in [1.807, 2.05) is 0 Å². The molecule has 0 aromatic heterocycles. The summed E-state index contributed by atoms with van der Waals surface area (Å²) in [5, 5.41) is 7.99. The van der Waals surface area contributed by atoms with Crippen molar-refractivity contribution in [2.75, 3.05) is 17.6 Å². The van der Waals surface area contributed by atoms with E-state index >= 15 is 0 Å². The maximum atomic E-state index is 13.9. The lowest BCUT2D eigenvalue weighted by atomic mass is 10.0. The molecule has 2 aromatic rings. The van der Waals surface area contributed by atoms with Gasteiger partial charge in [-0.2, -0.15) is 0 Å². The molecular formula is C20H18FN3O2S. The molecular weight excluding hydrogens is 365 g/mol. The van der Waals surface area contributed by atoms with E-state index in [0.29, 0.717) is 28.3 Å². The third-order valence-corrected chi connectivity index (χ3v) is 5.21. The Morgan fingerprint density at radius 3 is 2.89 bits per heavy atom. The number of urea groups is 1. The van der Waals surface area contributed by atoms with Crippen molar-refractivity contribution < 1.29 is 14.0 Å². The second kappa shape index (κ2) is 8.60. The minimum atomic E-state index is -0.477. The molecule has 1 aliphatic heterocycles. The predicted molar refractivity (Wildman–Crippen MR) is 104 cm³/mol. The molecule has 1 aliphatic rings. The molecule has 0 aliphatic carbocycles. The number of amides is 3. The van der Waals surface area contributed by atoms with Crippen molar-refractivity contribution in [1.29, 1.82) is 0 Å². The zero-order chi connectivity index (χ0) is 19.2. The number of hydrogen-bond acceptors (Lipinski definition) is 3. The lowest BCUT2D eigenvalue weighted by Crippen LogP contribution is -2.42. The fourth-order valence-electron chi connectivity index (χ4n) is 2.80. The average Bonchev–Trinajstić information content (AvgIpc) is 2.67. The molecule has 0 fully saturated rings. The topological polar surface area (TPSA) is 70.2 Å². The number of fused-ring (bicyclic) bond motifs is 1. The van der Waals surface area contributed by atoms with Crippen LogP contribution in [0.3, 0.4) is 0 Å². The van der Waals surface area contributed by atoms with Crippen LogP contribution in [-0.2, 0) is 4.79 Å². The standard InChI is InChI=1S/C20H18FN3O2S/c1-2-13-5-3-6-14(11-13)23-18(25)12-22-20(26)24-17-9-10-27-19-15(17)7-4-8-16(19)21/h1,3-8,11,17H,9-10,12H2,(H,23,25)(H2,22,24,26). The molecule has 27 heavy (non-hydrogen) atoms. The van der Waals surface area contributed by atoms with Gasteiger partial charge in [-0.15, -0.1) is 18.2 Å². The Morgan fingerprint density at radius 2 is 2.07 bits per heavy atom. The number of hydrogen-bond donors (Lipinski definition) is 3. The van der Waals surface area contributed by atoms with Crippen molar-refractivity contribution in [2.45, 2.75) is 17.4 Å². The Labute approximate surface area is 161 Å². The third kappa shape index (κ3) is 4.80. The first-order valence-corrected chi connectivity index (χ1v) is 9.37. The zero-order valence-corrected chi connectivity index (χ0v) is 15.2. The number of carbonyl (C=O) groups is 2. The van der Waals surface area contributed by atoms with Gasteiger partial charge in [0.2, 0.25) is 5.91 Å². The van der Waals surface area contributed by atoms with Crippen molar-refractivity contribution in [3.05, 3.63) is 59.4 Å². The van der Waals surface area contributed by atoms with E-state index in [9.17, 15) is 14.0 Å². The van der Waals surface area contributed by atoms with Gasteiger partial charge in [0.05, 0.1) is 12.6 Å². The molecule has 0 saturated carbocycles. The van der Waals surface area contributed by atoms with Crippen LogP contribution in [0.5, 0.6) is 0 Å². The summed E-state index contributed by atoms with van der Waals surface area (Å²) >= 11 is 1.44. The molecule has 3 rings (SSSR count). The molecule has 1 heterocycles. The summed E-state index contributed by atoms with van der Waals surface area (Å²) in [5.41, 5.74) is 1.97. The van der Waals surface area contributed by atoms with Crippen LogP contribution in [0.1, 0.15) is 23.6 Å². The summed E-state index contributed by atoms with van der Waals surface area (Å²) in [6, 6.07) is 11.0. The molecule has 0 radical (unpaired) electrons. The van der Waals surface area contributed by atoms with Crippen LogP contribution in [0.25, 0.3) is 0 Å².